The molecule has 1 amide bonds. The van der Waals surface area contributed by atoms with E-state index in [1.54, 1.807) is 0 Å². The molecule has 2 fully saturated rings. The molecule has 9 heteroatoms. The monoisotopic (exact) mass is 393 g/mol. The second-order valence-corrected chi connectivity index (χ2v) is 8.02. The molecule has 2 aliphatic rings. The molecule has 1 atom stereocenters. The molecule has 150 valence electrons. The van der Waals surface area contributed by atoms with Crippen molar-refractivity contribution in [3.05, 3.63) is 30.6 Å². The number of H-pyrrole nitrogens is 1. The smallest absolute Gasteiger partial charge is 0.316 e. The molecule has 5 rings (SSSR count). The molecule has 0 bridgehead atoms. The first-order valence-electron chi connectivity index (χ1n) is 9.97. The van der Waals surface area contributed by atoms with E-state index in [2.05, 4.69) is 30.7 Å². The van der Waals surface area contributed by atoms with Gasteiger partial charge in [0.15, 0.2) is 5.82 Å². The Morgan fingerprint density at radius 3 is 2.72 bits per heavy atom. The van der Waals surface area contributed by atoms with Crippen LogP contribution in [0.5, 0.6) is 0 Å². The number of carbonyl (C=O) groups is 1. The van der Waals surface area contributed by atoms with Crippen LogP contribution in [0.2, 0.25) is 0 Å². The number of aromatic amines is 1. The van der Waals surface area contributed by atoms with E-state index in [4.69, 9.17) is 4.42 Å². The molecule has 1 spiro atoms. The van der Waals surface area contributed by atoms with Crippen molar-refractivity contribution in [3.8, 4) is 22.8 Å². The lowest BCUT2D eigenvalue weighted by Crippen LogP contribution is -2.45. The van der Waals surface area contributed by atoms with E-state index in [1.807, 2.05) is 36.1 Å². The zero-order chi connectivity index (χ0) is 19.8. The highest BCUT2D eigenvalue weighted by atomic mass is 16.4. The molecule has 1 aliphatic heterocycles. The summed E-state index contributed by atoms with van der Waals surface area (Å²) in [4.78, 5) is 18.8. The summed E-state index contributed by atoms with van der Waals surface area (Å²) in [6, 6.07) is 7.41. The van der Waals surface area contributed by atoms with Gasteiger partial charge in [-0.25, -0.2) is 4.98 Å². The van der Waals surface area contributed by atoms with Gasteiger partial charge in [0.1, 0.15) is 12.4 Å². The van der Waals surface area contributed by atoms with E-state index >= 15 is 0 Å². The fourth-order valence-electron chi connectivity index (χ4n) is 3.94. The van der Waals surface area contributed by atoms with Crippen LogP contribution in [0.4, 0.5) is 6.01 Å². The second kappa shape index (κ2) is 6.98. The van der Waals surface area contributed by atoms with Gasteiger partial charge in [-0.1, -0.05) is 17.2 Å². The van der Waals surface area contributed by atoms with Gasteiger partial charge >= 0.3 is 6.01 Å². The number of carbonyl (C=O) groups excluding carboxylic acids is 1. The van der Waals surface area contributed by atoms with Crippen molar-refractivity contribution in [1.29, 1.82) is 0 Å². The maximum Gasteiger partial charge on any atom is 0.316 e. The molecule has 3 aromatic rings. The fourth-order valence-corrected chi connectivity index (χ4v) is 3.94. The van der Waals surface area contributed by atoms with Crippen LogP contribution in [0.15, 0.2) is 35.0 Å². The van der Waals surface area contributed by atoms with Crippen LogP contribution in [-0.4, -0.2) is 55.3 Å². The van der Waals surface area contributed by atoms with Crippen molar-refractivity contribution in [1.82, 2.24) is 30.3 Å². The largest absolute Gasteiger partial charge is 0.403 e. The third kappa shape index (κ3) is 3.59. The molecule has 3 heterocycles. The van der Waals surface area contributed by atoms with Crippen molar-refractivity contribution >= 4 is 11.9 Å². The summed E-state index contributed by atoms with van der Waals surface area (Å²) in [7, 11) is 0. The summed E-state index contributed by atoms with van der Waals surface area (Å²) in [5.41, 5.74) is 2.19. The van der Waals surface area contributed by atoms with Crippen molar-refractivity contribution in [3.63, 3.8) is 0 Å². The third-order valence-electron chi connectivity index (χ3n) is 6.03. The molecular formula is C20H23N7O2. The predicted molar refractivity (Wildman–Crippen MR) is 106 cm³/mol. The predicted octanol–water partition coefficient (Wildman–Crippen LogP) is 2.72. The van der Waals surface area contributed by atoms with Gasteiger partial charge in [0.25, 0.3) is 0 Å². The standard InChI is InChI=1S/C20H23N7O2/c1-13(18(28)27-9-7-20(5-6-20)8-10-27)23-19-26-25-17(29-19)15-4-2-3-14(11-15)16-21-12-22-24-16/h2-4,11-13H,5-10H2,1H3,(H,23,26)(H,21,22,24)/t13-/m1/s1. The Morgan fingerprint density at radius 2 is 2.00 bits per heavy atom. The zero-order valence-corrected chi connectivity index (χ0v) is 16.3. The van der Waals surface area contributed by atoms with E-state index in [-0.39, 0.29) is 11.9 Å². The van der Waals surface area contributed by atoms with Gasteiger partial charge in [-0.15, -0.1) is 5.10 Å². The van der Waals surface area contributed by atoms with E-state index in [0.29, 0.717) is 17.1 Å². The van der Waals surface area contributed by atoms with Crippen LogP contribution in [0.25, 0.3) is 22.8 Å². The van der Waals surface area contributed by atoms with Gasteiger partial charge in [0, 0.05) is 24.2 Å². The number of amides is 1. The lowest BCUT2D eigenvalue weighted by atomic mass is 9.93. The van der Waals surface area contributed by atoms with Gasteiger partial charge in [-0.2, -0.15) is 5.10 Å². The van der Waals surface area contributed by atoms with Crippen molar-refractivity contribution in [2.24, 2.45) is 5.41 Å². The highest BCUT2D eigenvalue weighted by Crippen LogP contribution is 2.53. The van der Waals surface area contributed by atoms with Crippen molar-refractivity contribution in [2.75, 3.05) is 18.4 Å². The van der Waals surface area contributed by atoms with E-state index in [1.165, 1.54) is 19.2 Å². The minimum Gasteiger partial charge on any atom is -0.403 e. The second-order valence-electron chi connectivity index (χ2n) is 8.02. The summed E-state index contributed by atoms with van der Waals surface area (Å²) in [6.45, 7) is 3.51. The number of likely N-dealkylation sites (tertiary alicyclic amines) is 1. The summed E-state index contributed by atoms with van der Waals surface area (Å²) in [6.07, 6.45) is 6.35. The van der Waals surface area contributed by atoms with Gasteiger partial charge in [0.2, 0.25) is 11.8 Å². The Morgan fingerprint density at radius 1 is 1.21 bits per heavy atom. The maximum atomic E-state index is 12.7. The van der Waals surface area contributed by atoms with E-state index in [0.717, 1.165) is 37.1 Å². The lowest BCUT2D eigenvalue weighted by molar-refractivity contribution is -0.133. The molecular weight excluding hydrogens is 370 g/mol. The SMILES string of the molecule is C[C@@H](Nc1nnc(-c2cccc(-c3ncn[nH]3)c2)o1)C(=O)N1CCC2(CC1)CC2. The van der Waals surface area contributed by atoms with Crippen LogP contribution >= 0.6 is 0 Å². The molecule has 9 nitrogen and oxygen atoms in total. The summed E-state index contributed by atoms with van der Waals surface area (Å²) < 4.78 is 5.74. The number of hydrogen-bond acceptors (Lipinski definition) is 7. The zero-order valence-electron chi connectivity index (χ0n) is 16.3. The number of nitrogens with one attached hydrogen (secondary N) is 2. The summed E-state index contributed by atoms with van der Waals surface area (Å²) >= 11 is 0. The molecule has 29 heavy (non-hydrogen) atoms. The third-order valence-corrected chi connectivity index (χ3v) is 6.03. The van der Waals surface area contributed by atoms with Gasteiger partial charge in [-0.3, -0.25) is 9.89 Å². The minimum atomic E-state index is -0.419. The lowest BCUT2D eigenvalue weighted by Gasteiger charge is -2.33. The first kappa shape index (κ1) is 17.8. The highest BCUT2D eigenvalue weighted by Gasteiger charge is 2.45. The number of nitrogens with zero attached hydrogens (tertiary/aromatic N) is 5. The molecule has 2 N–H and O–H groups in total. The normalized spacial score (nSPS) is 18.6. The van der Waals surface area contributed by atoms with Crippen LogP contribution in [0.3, 0.4) is 0 Å². The average Bonchev–Trinajstić information content (AvgIpc) is 3.16. The first-order valence-corrected chi connectivity index (χ1v) is 9.97. The maximum absolute atomic E-state index is 12.7. The topological polar surface area (TPSA) is 113 Å². The number of hydrogen-bond donors (Lipinski definition) is 2. The summed E-state index contributed by atoms with van der Waals surface area (Å²) in [5, 5.41) is 17.9. The fraction of sp³-hybridized carbons (Fsp3) is 0.450. The van der Waals surface area contributed by atoms with Crippen LogP contribution in [0.1, 0.15) is 32.6 Å². The number of benzene rings is 1. The number of aromatic nitrogens is 5. The van der Waals surface area contributed by atoms with Crippen molar-refractivity contribution in [2.45, 2.75) is 38.6 Å². The number of anilines is 1. The minimum absolute atomic E-state index is 0.0765. The van der Waals surface area contributed by atoms with Gasteiger partial charge in [-0.05, 0) is 50.2 Å². The van der Waals surface area contributed by atoms with Crippen LogP contribution in [0, 0.1) is 5.41 Å². The Kier molecular flexibility index (Phi) is 4.30. The molecule has 1 aliphatic carbocycles. The van der Waals surface area contributed by atoms with E-state index in [9.17, 15) is 4.79 Å². The Balaban J connectivity index is 1.24. The summed E-state index contributed by atoms with van der Waals surface area (Å²) in [5.74, 6) is 1.12. The van der Waals surface area contributed by atoms with Crippen LogP contribution in [-0.2, 0) is 4.79 Å². The first-order chi connectivity index (χ1) is 14.1. The molecule has 2 aromatic heterocycles. The Labute approximate surface area is 167 Å². The quantitative estimate of drug-likeness (QED) is 0.685. The van der Waals surface area contributed by atoms with E-state index < -0.39 is 6.04 Å². The highest BCUT2D eigenvalue weighted by molar-refractivity contribution is 5.83. The Bertz CT molecular complexity index is 1000. The van der Waals surface area contributed by atoms with Gasteiger partial charge < -0.3 is 14.6 Å². The molecule has 0 unspecified atom stereocenters. The molecule has 0 radical (unpaired) electrons. The molecule has 1 saturated heterocycles. The molecule has 1 saturated carbocycles. The number of rotatable bonds is 5. The number of piperidine rings is 1. The Hall–Kier alpha value is -3.23. The average molecular weight is 393 g/mol. The van der Waals surface area contributed by atoms with Gasteiger partial charge in [0.05, 0.1) is 0 Å². The molecule has 1 aromatic carbocycles. The van der Waals surface area contributed by atoms with Crippen LogP contribution < -0.4 is 5.32 Å². The van der Waals surface area contributed by atoms with Crippen molar-refractivity contribution < 1.29 is 9.21 Å².